The quantitative estimate of drug-likeness (QED) is 0.224. The summed E-state index contributed by atoms with van der Waals surface area (Å²) in [7, 11) is 0. The van der Waals surface area contributed by atoms with Crippen LogP contribution in [0.25, 0.3) is 17.4 Å². The SMILES string of the molecule is C=CCOc1ccc([C@@H]2C(C(=O)OCC)=C(C)N=c3sc(=Cc4ccc(-c5ccc(C(=O)[O-])cc5)o4)c(=O)n32)cc1. The average Bonchev–Trinajstić information content (AvgIpc) is 3.55. The van der Waals surface area contributed by atoms with Gasteiger partial charge < -0.3 is 23.8 Å². The molecular weight excluding hydrogens is 544 g/mol. The third kappa shape index (κ3) is 5.55. The van der Waals surface area contributed by atoms with E-state index in [1.165, 1.54) is 28.0 Å². The minimum absolute atomic E-state index is 0.0626. The maximum absolute atomic E-state index is 13.8. The highest BCUT2D eigenvalue weighted by Gasteiger charge is 2.33. The molecule has 208 valence electrons. The Hall–Kier alpha value is -4.96. The molecule has 0 N–H and O–H groups in total. The molecule has 0 aliphatic carbocycles. The first kappa shape index (κ1) is 27.6. The van der Waals surface area contributed by atoms with E-state index < -0.39 is 18.0 Å². The maximum atomic E-state index is 13.8. The van der Waals surface area contributed by atoms with Crippen LogP contribution in [0.5, 0.6) is 5.75 Å². The lowest BCUT2D eigenvalue weighted by molar-refractivity contribution is -0.255. The number of hydrogen-bond donors (Lipinski definition) is 0. The molecule has 3 heterocycles. The number of carboxylic acid groups (broad SMARTS) is 1. The molecule has 1 atom stereocenters. The highest BCUT2D eigenvalue weighted by molar-refractivity contribution is 7.07. The lowest BCUT2D eigenvalue weighted by Gasteiger charge is -2.24. The summed E-state index contributed by atoms with van der Waals surface area (Å²) >= 11 is 1.18. The number of aromatic carboxylic acids is 1. The van der Waals surface area contributed by atoms with Gasteiger partial charge in [0.2, 0.25) is 0 Å². The van der Waals surface area contributed by atoms with Crippen molar-refractivity contribution in [3.8, 4) is 17.1 Å². The van der Waals surface area contributed by atoms with Gasteiger partial charge in [-0.05, 0) is 49.2 Å². The topological polar surface area (TPSA) is 123 Å². The lowest BCUT2D eigenvalue weighted by Crippen LogP contribution is -2.39. The number of aromatic nitrogens is 1. The Morgan fingerprint density at radius 3 is 2.51 bits per heavy atom. The average molecular weight is 570 g/mol. The van der Waals surface area contributed by atoms with E-state index in [9.17, 15) is 19.5 Å². The molecule has 2 aromatic carbocycles. The molecule has 4 aromatic rings. The number of esters is 1. The van der Waals surface area contributed by atoms with E-state index in [-0.39, 0.29) is 23.3 Å². The Morgan fingerprint density at radius 2 is 1.85 bits per heavy atom. The number of furan rings is 1. The van der Waals surface area contributed by atoms with E-state index >= 15 is 0 Å². The highest BCUT2D eigenvalue weighted by Crippen LogP contribution is 2.31. The molecule has 10 heteroatoms. The van der Waals surface area contributed by atoms with Crippen LogP contribution >= 0.6 is 11.3 Å². The summed E-state index contributed by atoms with van der Waals surface area (Å²) < 4.78 is 18.7. The molecule has 5 rings (SSSR count). The van der Waals surface area contributed by atoms with E-state index in [0.29, 0.717) is 50.0 Å². The smallest absolute Gasteiger partial charge is 0.338 e. The molecule has 2 aromatic heterocycles. The number of ether oxygens (including phenoxy) is 2. The van der Waals surface area contributed by atoms with Gasteiger partial charge in [-0.1, -0.05) is 60.4 Å². The first-order valence-corrected chi connectivity index (χ1v) is 13.6. The van der Waals surface area contributed by atoms with Crippen molar-refractivity contribution in [3.63, 3.8) is 0 Å². The minimum Gasteiger partial charge on any atom is -0.545 e. The second-order valence-corrected chi connectivity index (χ2v) is 10.0. The Morgan fingerprint density at radius 1 is 1.12 bits per heavy atom. The van der Waals surface area contributed by atoms with Crippen LogP contribution < -0.4 is 24.7 Å². The fourth-order valence-corrected chi connectivity index (χ4v) is 5.52. The summed E-state index contributed by atoms with van der Waals surface area (Å²) in [6, 6.07) is 16.0. The van der Waals surface area contributed by atoms with Crippen molar-refractivity contribution in [2.24, 2.45) is 4.99 Å². The molecule has 0 spiro atoms. The summed E-state index contributed by atoms with van der Waals surface area (Å²) in [5.41, 5.74) is 1.84. The number of hydrogen-bond acceptors (Lipinski definition) is 9. The van der Waals surface area contributed by atoms with Gasteiger partial charge in [-0.15, -0.1) is 0 Å². The number of rotatable bonds is 9. The predicted molar refractivity (Wildman–Crippen MR) is 151 cm³/mol. The van der Waals surface area contributed by atoms with Crippen molar-refractivity contribution >= 4 is 29.4 Å². The van der Waals surface area contributed by atoms with Crippen LogP contribution in [0.2, 0.25) is 0 Å². The molecule has 0 fully saturated rings. The molecule has 41 heavy (non-hydrogen) atoms. The second kappa shape index (κ2) is 11.6. The fourth-order valence-electron chi connectivity index (χ4n) is 4.49. The summed E-state index contributed by atoms with van der Waals surface area (Å²) in [5, 5.41) is 11.0. The second-order valence-electron chi connectivity index (χ2n) is 9.04. The van der Waals surface area contributed by atoms with Crippen molar-refractivity contribution in [1.29, 1.82) is 0 Å². The summed E-state index contributed by atoms with van der Waals surface area (Å²) in [4.78, 5) is 42.9. The lowest BCUT2D eigenvalue weighted by atomic mass is 9.96. The number of carbonyl (C=O) groups is 2. The molecule has 0 amide bonds. The fraction of sp³-hybridized carbons (Fsp3) is 0.161. The van der Waals surface area contributed by atoms with Gasteiger partial charge in [0.25, 0.3) is 5.56 Å². The van der Waals surface area contributed by atoms with Gasteiger partial charge in [-0.25, -0.2) is 9.79 Å². The molecule has 9 nitrogen and oxygen atoms in total. The largest absolute Gasteiger partial charge is 0.545 e. The number of thiazole rings is 1. The number of nitrogens with zero attached hydrogens (tertiary/aromatic N) is 2. The Bertz CT molecular complexity index is 1840. The predicted octanol–water partition coefficient (Wildman–Crippen LogP) is 2.99. The van der Waals surface area contributed by atoms with Crippen LogP contribution in [0, 0.1) is 0 Å². The molecule has 1 aliphatic rings. The Kier molecular flexibility index (Phi) is 7.84. The number of carboxylic acids is 1. The van der Waals surface area contributed by atoms with Gasteiger partial charge in [0.05, 0.1) is 34.4 Å². The van der Waals surface area contributed by atoms with E-state index in [1.807, 2.05) is 12.1 Å². The molecule has 0 saturated heterocycles. The number of fused-ring (bicyclic) bond motifs is 1. The van der Waals surface area contributed by atoms with E-state index in [4.69, 9.17) is 13.9 Å². The molecule has 0 unspecified atom stereocenters. The van der Waals surface area contributed by atoms with Crippen LogP contribution in [0.1, 0.15) is 41.6 Å². The third-order valence-electron chi connectivity index (χ3n) is 6.39. The first-order chi connectivity index (χ1) is 19.8. The maximum Gasteiger partial charge on any atom is 0.338 e. The number of benzene rings is 2. The summed E-state index contributed by atoms with van der Waals surface area (Å²) in [6.45, 7) is 7.63. The standard InChI is InChI=1S/C31H26N2O7S/c1-4-16-39-22-12-10-20(11-13-22)27-26(30(37)38-5-2)18(3)32-31-33(27)28(34)25(41-31)17-23-14-15-24(40-23)19-6-8-21(9-7-19)29(35)36/h4,6-15,17,27H,1,5,16H2,2-3H3,(H,35,36)/p-1/t27-/m1/s1. The van der Waals surface area contributed by atoms with E-state index in [2.05, 4.69) is 11.6 Å². The van der Waals surface area contributed by atoms with Gasteiger partial charge in [-0.2, -0.15) is 0 Å². The zero-order valence-corrected chi connectivity index (χ0v) is 23.1. The number of carbonyl (C=O) groups excluding carboxylic acids is 2. The van der Waals surface area contributed by atoms with Crippen LogP contribution in [0.3, 0.4) is 0 Å². The van der Waals surface area contributed by atoms with Gasteiger partial charge in [-0.3, -0.25) is 9.36 Å². The highest BCUT2D eigenvalue weighted by atomic mass is 32.1. The monoisotopic (exact) mass is 569 g/mol. The molecule has 0 bridgehead atoms. The van der Waals surface area contributed by atoms with Gasteiger partial charge in [0.15, 0.2) is 4.80 Å². The molecule has 0 radical (unpaired) electrons. The zero-order valence-electron chi connectivity index (χ0n) is 22.3. The first-order valence-electron chi connectivity index (χ1n) is 12.8. The molecule has 1 aliphatic heterocycles. The van der Waals surface area contributed by atoms with Crippen molar-refractivity contribution in [3.05, 3.63) is 121 Å². The third-order valence-corrected chi connectivity index (χ3v) is 7.37. The summed E-state index contributed by atoms with van der Waals surface area (Å²) in [5.74, 6) is -0.242. The van der Waals surface area contributed by atoms with Crippen molar-refractivity contribution < 1.29 is 28.6 Å². The van der Waals surface area contributed by atoms with Gasteiger partial charge >= 0.3 is 5.97 Å². The Labute approximate surface area is 238 Å². The van der Waals surface area contributed by atoms with Gasteiger partial charge in [0, 0.05) is 11.6 Å². The molecule has 0 saturated carbocycles. The normalized spacial score (nSPS) is 14.8. The summed E-state index contributed by atoms with van der Waals surface area (Å²) in [6.07, 6.45) is 3.26. The van der Waals surface area contributed by atoms with Crippen LogP contribution in [-0.4, -0.2) is 29.7 Å². The van der Waals surface area contributed by atoms with E-state index in [0.717, 1.165) is 0 Å². The van der Waals surface area contributed by atoms with Crippen molar-refractivity contribution in [1.82, 2.24) is 4.57 Å². The minimum atomic E-state index is -1.26. The van der Waals surface area contributed by atoms with Gasteiger partial charge in [0.1, 0.15) is 23.9 Å². The van der Waals surface area contributed by atoms with Crippen LogP contribution in [0.4, 0.5) is 0 Å². The number of allylic oxidation sites excluding steroid dienone is 1. The van der Waals surface area contributed by atoms with Crippen molar-refractivity contribution in [2.75, 3.05) is 13.2 Å². The molecular formula is C31H25N2O7S-. The van der Waals surface area contributed by atoms with Crippen LogP contribution in [0.15, 0.2) is 98.8 Å². The van der Waals surface area contributed by atoms with Crippen molar-refractivity contribution in [2.45, 2.75) is 19.9 Å². The van der Waals surface area contributed by atoms with E-state index in [1.54, 1.807) is 62.4 Å². The Balaban J connectivity index is 1.57. The van der Waals surface area contributed by atoms with Crippen LogP contribution in [-0.2, 0) is 9.53 Å². The zero-order chi connectivity index (χ0) is 29.1.